The van der Waals surface area contributed by atoms with Crippen molar-refractivity contribution in [2.45, 2.75) is 85.0 Å². The second kappa shape index (κ2) is 19.4. The predicted octanol–water partition coefficient (Wildman–Crippen LogP) is 6.67. The first-order valence-corrected chi connectivity index (χ1v) is 21.5. The molecule has 0 unspecified atom stereocenters. The van der Waals surface area contributed by atoms with Crippen molar-refractivity contribution in [2.75, 3.05) is 122 Å². The Balaban J connectivity index is 0.000000171. The van der Waals surface area contributed by atoms with E-state index in [9.17, 15) is 0 Å². The molecule has 6 aliphatic heterocycles. The summed E-state index contributed by atoms with van der Waals surface area (Å²) in [5, 5.41) is 3.52. The molecule has 1 N–H and O–H groups in total. The van der Waals surface area contributed by atoms with E-state index < -0.39 is 0 Å². The van der Waals surface area contributed by atoms with Crippen LogP contribution in [0.3, 0.4) is 0 Å². The molecule has 0 saturated carbocycles. The number of nitrogens with zero attached hydrogens (tertiary/aromatic N) is 7. The van der Waals surface area contributed by atoms with Crippen LogP contribution < -0.4 is 15.1 Å². The molecule has 1 aromatic carbocycles. The predicted molar refractivity (Wildman–Crippen MR) is 221 cm³/mol. The molecule has 0 atom stereocenters. The van der Waals surface area contributed by atoms with Crippen molar-refractivity contribution in [1.82, 2.24) is 29.9 Å². The van der Waals surface area contributed by atoms with E-state index in [0.717, 1.165) is 24.8 Å². The van der Waals surface area contributed by atoms with Crippen molar-refractivity contribution in [3.8, 4) is 0 Å². The SMILES string of the molecule is CC.Cc1ccc(N2CCC(CN3CCC4(CCN(C)CC4)CC3)CC2)nc1.c1ccc(N2CCN(CN3CCC4(CCNCC4)CC3)CC2)cc1. The van der Waals surface area contributed by atoms with Crippen molar-refractivity contribution < 1.29 is 0 Å². The highest BCUT2D eigenvalue weighted by Crippen LogP contribution is 2.42. The molecule has 290 valence electrons. The first-order chi connectivity index (χ1) is 25.4. The van der Waals surface area contributed by atoms with Crippen LogP contribution >= 0.6 is 0 Å². The first-order valence-electron chi connectivity index (χ1n) is 21.5. The first kappa shape index (κ1) is 39.5. The number of rotatable bonds is 6. The molecule has 6 fully saturated rings. The lowest BCUT2D eigenvalue weighted by atomic mass is 9.71. The summed E-state index contributed by atoms with van der Waals surface area (Å²) < 4.78 is 0. The number of pyridine rings is 1. The average Bonchev–Trinajstić information content (AvgIpc) is 3.21. The Bertz CT molecular complexity index is 1250. The number of benzene rings is 1. The normalized spacial score (nSPS) is 24.9. The molecule has 8 rings (SSSR count). The van der Waals surface area contributed by atoms with Gasteiger partial charge in [0, 0.05) is 57.7 Å². The third kappa shape index (κ3) is 10.9. The molecule has 0 bridgehead atoms. The highest BCUT2D eigenvalue weighted by molar-refractivity contribution is 5.46. The highest BCUT2D eigenvalue weighted by atomic mass is 15.4. The van der Waals surface area contributed by atoms with Crippen LogP contribution in [0.4, 0.5) is 11.5 Å². The maximum absolute atomic E-state index is 4.61. The van der Waals surface area contributed by atoms with Crippen LogP contribution in [-0.2, 0) is 0 Å². The third-order valence-corrected chi connectivity index (χ3v) is 13.8. The van der Waals surface area contributed by atoms with E-state index in [1.54, 1.807) is 0 Å². The second-order valence-electron chi connectivity index (χ2n) is 17.2. The van der Waals surface area contributed by atoms with Gasteiger partial charge < -0.3 is 24.9 Å². The number of nitrogens with one attached hydrogen (secondary N) is 1. The molecular weight excluding hydrogens is 641 g/mol. The van der Waals surface area contributed by atoms with Crippen LogP contribution in [0.2, 0.25) is 0 Å². The molecule has 52 heavy (non-hydrogen) atoms. The summed E-state index contributed by atoms with van der Waals surface area (Å²) in [5.41, 5.74) is 3.98. The monoisotopic (exact) mass is 715 g/mol. The number of piperidine rings is 5. The number of piperazine rings is 1. The van der Waals surface area contributed by atoms with Gasteiger partial charge in [0.2, 0.25) is 0 Å². The van der Waals surface area contributed by atoms with E-state index in [1.807, 2.05) is 20.0 Å². The number of para-hydroxylation sites is 1. The molecule has 2 aromatic rings. The maximum atomic E-state index is 4.61. The molecule has 0 aliphatic carbocycles. The van der Waals surface area contributed by atoms with Gasteiger partial charge in [-0.2, -0.15) is 0 Å². The fourth-order valence-corrected chi connectivity index (χ4v) is 9.85. The smallest absolute Gasteiger partial charge is 0.128 e. The Morgan fingerprint density at radius 1 is 0.615 bits per heavy atom. The summed E-state index contributed by atoms with van der Waals surface area (Å²) in [6.45, 7) is 26.0. The van der Waals surface area contributed by atoms with Gasteiger partial charge in [-0.3, -0.25) is 9.80 Å². The van der Waals surface area contributed by atoms with E-state index in [4.69, 9.17) is 0 Å². The average molecular weight is 715 g/mol. The van der Waals surface area contributed by atoms with Crippen LogP contribution in [0.1, 0.15) is 83.6 Å². The number of aromatic nitrogens is 1. The zero-order valence-electron chi connectivity index (χ0n) is 33.7. The molecule has 2 spiro atoms. The summed E-state index contributed by atoms with van der Waals surface area (Å²) >= 11 is 0. The molecule has 7 heterocycles. The number of anilines is 2. The van der Waals surface area contributed by atoms with Gasteiger partial charge in [-0.05, 0) is 171 Å². The Kier molecular flexibility index (Phi) is 14.7. The molecule has 6 saturated heterocycles. The minimum absolute atomic E-state index is 0.674. The third-order valence-electron chi connectivity index (χ3n) is 13.8. The summed E-state index contributed by atoms with van der Waals surface area (Å²) in [6, 6.07) is 15.2. The quantitative estimate of drug-likeness (QED) is 0.356. The van der Waals surface area contributed by atoms with Gasteiger partial charge in [-0.15, -0.1) is 0 Å². The van der Waals surface area contributed by atoms with Crippen molar-refractivity contribution in [3.63, 3.8) is 0 Å². The maximum Gasteiger partial charge on any atom is 0.128 e. The van der Waals surface area contributed by atoms with Gasteiger partial charge in [-0.1, -0.05) is 38.1 Å². The lowest BCUT2D eigenvalue weighted by Gasteiger charge is -2.47. The van der Waals surface area contributed by atoms with Crippen LogP contribution in [0.15, 0.2) is 48.7 Å². The number of likely N-dealkylation sites (tertiary alicyclic amines) is 3. The molecule has 0 radical (unpaired) electrons. The van der Waals surface area contributed by atoms with E-state index in [-0.39, 0.29) is 0 Å². The molecule has 8 nitrogen and oxygen atoms in total. The molecular formula is C44H74N8. The summed E-state index contributed by atoms with van der Waals surface area (Å²) in [5.74, 6) is 2.04. The minimum atomic E-state index is 0.674. The molecule has 1 aromatic heterocycles. The number of hydrogen-bond donors (Lipinski definition) is 1. The van der Waals surface area contributed by atoms with E-state index in [1.165, 1.54) is 167 Å². The number of aryl methyl sites for hydroxylation is 1. The van der Waals surface area contributed by atoms with E-state index in [0.29, 0.717) is 10.8 Å². The largest absolute Gasteiger partial charge is 0.369 e. The van der Waals surface area contributed by atoms with Crippen molar-refractivity contribution >= 4 is 11.5 Å². The fourth-order valence-electron chi connectivity index (χ4n) is 9.85. The van der Waals surface area contributed by atoms with Crippen molar-refractivity contribution in [2.24, 2.45) is 16.7 Å². The van der Waals surface area contributed by atoms with Gasteiger partial charge in [0.1, 0.15) is 5.82 Å². The summed E-state index contributed by atoms with van der Waals surface area (Å²) in [6.07, 6.45) is 16.0. The number of hydrogen-bond acceptors (Lipinski definition) is 8. The van der Waals surface area contributed by atoms with Crippen molar-refractivity contribution in [3.05, 3.63) is 54.2 Å². The Morgan fingerprint density at radius 3 is 1.77 bits per heavy atom. The zero-order chi connectivity index (χ0) is 36.2. The molecule has 0 amide bonds. The van der Waals surface area contributed by atoms with E-state index >= 15 is 0 Å². The minimum Gasteiger partial charge on any atom is -0.369 e. The summed E-state index contributed by atoms with van der Waals surface area (Å²) in [7, 11) is 2.28. The van der Waals surface area contributed by atoms with Crippen LogP contribution in [0.25, 0.3) is 0 Å². The van der Waals surface area contributed by atoms with Crippen LogP contribution in [0.5, 0.6) is 0 Å². The van der Waals surface area contributed by atoms with Gasteiger partial charge in [-0.25, -0.2) is 4.98 Å². The van der Waals surface area contributed by atoms with Gasteiger partial charge >= 0.3 is 0 Å². The lowest BCUT2D eigenvalue weighted by Crippen LogP contribution is -2.53. The van der Waals surface area contributed by atoms with Gasteiger partial charge in [0.15, 0.2) is 0 Å². The summed E-state index contributed by atoms with van der Waals surface area (Å²) in [4.78, 5) is 20.2. The second-order valence-corrected chi connectivity index (χ2v) is 17.2. The Morgan fingerprint density at radius 2 is 1.17 bits per heavy atom. The zero-order valence-corrected chi connectivity index (χ0v) is 33.7. The lowest BCUT2D eigenvalue weighted by molar-refractivity contribution is 0.0358. The Labute approximate surface area is 318 Å². The topological polar surface area (TPSA) is 44.4 Å². The van der Waals surface area contributed by atoms with Crippen LogP contribution in [0, 0.1) is 23.7 Å². The Hall–Kier alpha value is -2.23. The standard InChI is InChI=1S/C22H36N4.C20H32N4.C2H6/c1-19-3-4-21(23-17-19)26-11-5-20(6-12-26)18-25-15-9-22(10-16-25)7-13-24(2)14-8-22;1-2-4-19(5-3-1)24-16-14-23(15-17-24)18-22-12-8-20(9-13-22)6-10-21-11-7-20;1-2/h3-4,17,20H,5-16,18H2,1-2H3;1-5,21H,6-18H2;1-2H3. The van der Waals surface area contributed by atoms with E-state index in [2.05, 4.69) is 96.1 Å². The highest BCUT2D eigenvalue weighted by Gasteiger charge is 2.38. The van der Waals surface area contributed by atoms with Gasteiger partial charge in [0.25, 0.3) is 0 Å². The van der Waals surface area contributed by atoms with Crippen molar-refractivity contribution in [1.29, 1.82) is 0 Å². The fraction of sp³-hybridized carbons (Fsp3) is 0.750. The van der Waals surface area contributed by atoms with Gasteiger partial charge in [0.05, 0.1) is 6.67 Å². The van der Waals surface area contributed by atoms with Crippen LogP contribution in [-0.4, -0.2) is 136 Å². The molecule has 6 aliphatic rings. The molecule has 8 heteroatoms.